The molecular formula is C58H39NO. The van der Waals surface area contributed by atoms with E-state index < -0.39 is 0 Å². The van der Waals surface area contributed by atoms with E-state index in [0.717, 1.165) is 72.9 Å². The molecule has 11 rings (SSSR count). The molecule has 0 N–H and O–H groups in total. The lowest BCUT2D eigenvalue weighted by Crippen LogP contribution is -2.11. The standard InChI is InChI=1S/C58H39NO/c1-4-13-40(14-5-1)42-23-25-44(26-24-42)45-31-34-51(35-32-45)59(50-19-8-3-9-20-50)55-21-12-22-56-58(55)54-38-49(46-29-27-43(28-30-46)41-15-6-2-7-16-41)33-36-52(54)53-37-47-17-10-11-18-48(47)39-57(53)60-56/h1-39H. The van der Waals surface area contributed by atoms with Crippen molar-refractivity contribution in [2.45, 2.75) is 0 Å². The van der Waals surface area contributed by atoms with Gasteiger partial charge in [-0.05, 0) is 121 Å². The zero-order valence-electron chi connectivity index (χ0n) is 32.9. The van der Waals surface area contributed by atoms with Crippen molar-refractivity contribution < 1.29 is 4.74 Å². The molecule has 0 spiro atoms. The largest absolute Gasteiger partial charge is 0.456 e. The molecule has 0 aromatic heterocycles. The van der Waals surface area contributed by atoms with Crippen molar-refractivity contribution in [3.8, 4) is 78.3 Å². The molecule has 2 nitrogen and oxygen atoms in total. The number of hydrogen-bond donors (Lipinski definition) is 0. The summed E-state index contributed by atoms with van der Waals surface area (Å²) < 4.78 is 7.06. The zero-order chi connectivity index (χ0) is 39.8. The lowest BCUT2D eigenvalue weighted by Gasteiger charge is -2.29. The molecule has 10 aromatic rings. The van der Waals surface area contributed by atoms with E-state index in [2.05, 4.69) is 241 Å². The van der Waals surface area contributed by atoms with Crippen LogP contribution in [0.3, 0.4) is 0 Å². The van der Waals surface area contributed by atoms with Gasteiger partial charge in [-0.25, -0.2) is 0 Å². The molecule has 1 aliphatic heterocycles. The van der Waals surface area contributed by atoms with Gasteiger partial charge in [-0.3, -0.25) is 0 Å². The highest BCUT2D eigenvalue weighted by molar-refractivity contribution is 6.02. The van der Waals surface area contributed by atoms with Crippen molar-refractivity contribution in [3.63, 3.8) is 0 Å². The van der Waals surface area contributed by atoms with E-state index >= 15 is 0 Å². The number of nitrogens with zero attached hydrogens (tertiary/aromatic N) is 1. The van der Waals surface area contributed by atoms with Crippen LogP contribution in [0, 0.1) is 0 Å². The molecule has 10 aromatic carbocycles. The molecule has 0 amide bonds. The Bertz CT molecular complexity index is 3120. The van der Waals surface area contributed by atoms with Gasteiger partial charge in [0.1, 0.15) is 11.5 Å². The predicted molar refractivity (Wildman–Crippen MR) is 251 cm³/mol. The molecule has 1 heterocycles. The van der Waals surface area contributed by atoms with Crippen LogP contribution >= 0.6 is 0 Å². The average molecular weight is 766 g/mol. The van der Waals surface area contributed by atoms with Gasteiger partial charge >= 0.3 is 0 Å². The number of benzene rings is 10. The van der Waals surface area contributed by atoms with Crippen LogP contribution in [0.1, 0.15) is 0 Å². The minimum absolute atomic E-state index is 0.815. The van der Waals surface area contributed by atoms with Gasteiger partial charge in [0.05, 0.1) is 5.69 Å². The highest BCUT2D eigenvalue weighted by Crippen LogP contribution is 2.54. The first kappa shape index (κ1) is 35.2. The maximum atomic E-state index is 7.06. The third-order valence-electron chi connectivity index (χ3n) is 11.7. The van der Waals surface area contributed by atoms with E-state index in [4.69, 9.17) is 4.74 Å². The van der Waals surface area contributed by atoms with Crippen LogP contribution in [-0.4, -0.2) is 0 Å². The topological polar surface area (TPSA) is 12.5 Å². The second-order valence-electron chi connectivity index (χ2n) is 15.3. The summed E-state index contributed by atoms with van der Waals surface area (Å²) in [6.45, 7) is 0. The molecule has 282 valence electrons. The highest BCUT2D eigenvalue weighted by Gasteiger charge is 2.27. The third kappa shape index (κ3) is 6.51. The molecule has 1 aliphatic rings. The van der Waals surface area contributed by atoms with E-state index in [0.29, 0.717) is 0 Å². The Balaban J connectivity index is 1.06. The smallest absolute Gasteiger partial charge is 0.137 e. The molecule has 0 saturated heterocycles. The molecule has 60 heavy (non-hydrogen) atoms. The summed E-state index contributed by atoms with van der Waals surface area (Å²) in [5, 5.41) is 2.33. The maximum absolute atomic E-state index is 7.06. The first-order valence-electron chi connectivity index (χ1n) is 20.5. The minimum atomic E-state index is 0.815. The molecular weight excluding hydrogens is 727 g/mol. The molecule has 2 heteroatoms. The second kappa shape index (κ2) is 15.1. The van der Waals surface area contributed by atoms with Crippen molar-refractivity contribution in [1.82, 2.24) is 0 Å². The number of hydrogen-bond acceptors (Lipinski definition) is 2. The Hall–Kier alpha value is -7.94. The van der Waals surface area contributed by atoms with Gasteiger partial charge in [0.15, 0.2) is 0 Å². The van der Waals surface area contributed by atoms with E-state index in [1.807, 2.05) is 0 Å². The van der Waals surface area contributed by atoms with Crippen LogP contribution in [0.2, 0.25) is 0 Å². The summed E-state index contributed by atoms with van der Waals surface area (Å²) in [5.41, 5.74) is 17.0. The van der Waals surface area contributed by atoms with Gasteiger partial charge in [0.2, 0.25) is 0 Å². The number of ether oxygens (including phenoxy) is 1. The monoisotopic (exact) mass is 765 g/mol. The first-order valence-corrected chi connectivity index (χ1v) is 20.5. The van der Waals surface area contributed by atoms with Gasteiger partial charge in [0.25, 0.3) is 0 Å². The summed E-state index contributed by atoms with van der Waals surface area (Å²) in [6.07, 6.45) is 0. The first-order chi connectivity index (χ1) is 29.7. The van der Waals surface area contributed by atoms with Crippen LogP contribution in [0.15, 0.2) is 237 Å². The Kier molecular flexibility index (Phi) is 8.87. The second-order valence-corrected chi connectivity index (χ2v) is 15.3. The maximum Gasteiger partial charge on any atom is 0.137 e. The SMILES string of the molecule is c1ccc(-c2ccc(-c3ccc(N(c4ccccc4)c4cccc5c4-c4cc(-c6ccc(-c7ccccc7)cc6)ccc4-c4cc6ccccc6cc4O5)cc3)cc2)cc1. The quantitative estimate of drug-likeness (QED) is 0.160. The number of anilines is 3. The molecule has 0 bridgehead atoms. The molecule has 0 aliphatic carbocycles. The van der Waals surface area contributed by atoms with Crippen molar-refractivity contribution in [2.24, 2.45) is 0 Å². The molecule has 0 fully saturated rings. The van der Waals surface area contributed by atoms with Crippen LogP contribution < -0.4 is 9.64 Å². The van der Waals surface area contributed by atoms with Crippen molar-refractivity contribution in [1.29, 1.82) is 0 Å². The van der Waals surface area contributed by atoms with Gasteiger partial charge in [-0.2, -0.15) is 0 Å². The van der Waals surface area contributed by atoms with E-state index in [-0.39, 0.29) is 0 Å². The average Bonchev–Trinajstić information content (AvgIpc) is 3.46. The van der Waals surface area contributed by atoms with E-state index in [1.165, 1.54) is 33.2 Å². The summed E-state index contributed by atoms with van der Waals surface area (Å²) in [4.78, 5) is 2.36. The zero-order valence-corrected chi connectivity index (χ0v) is 32.9. The Morgan fingerprint density at radius 3 is 1.30 bits per heavy atom. The van der Waals surface area contributed by atoms with Crippen molar-refractivity contribution >= 4 is 27.8 Å². The third-order valence-corrected chi connectivity index (χ3v) is 11.7. The Labute approximate surface area is 350 Å². The normalized spacial score (nSPS) is 11.5. The molecule has 0 radical (unpaired) electrons. The lowest BCUT2D eigenvalue weighted by atomic mass is 9.89. The van der Waals surface area contributed by atoms with Gasteiger partial charge in [-0.15, -0.1) is 0 Å². The molecule has 0 saturated carbocycles. The van der Waals surface area contributed by atoms with Gasteiger partial charge in [0, 0.05) is 22.5 Å². The lowest BCUT2D eigenvalue weighted by molar-refractivity contribution is 0.488. The minimum Gasteiger partial charge on any atom is -0.456 e. The van der Waals surface area contributed by atoms with Crippen LogP contribution in [0.5, 0.6) is 11.5 Å². The van der Waals surface area contributed by atoms with Gasteiger partial charge in [-0.1, -0.05) is 182 Å². The number of rotatable bonds is 7. The predicted octanol–water partition coefficient (Wildman–Crippen LogP) is 16.4. The fraction of sp³-hybridized carbons (Fsp3) is 0. The fourth-order valence-electron chi connectivity index (χ4n) is 8.64. The fourth-order valence-corrected chi connectivity index (χ4v) is 8.64. The van der Waals surface area contributed by atoms with E-state index in [1.54, 1.807) is 0 Å². The van der Waals surface area contributed by atoms with Crippen LogP contribution in [0.25, 0.3) is 77.5 Å². The molecule has 0 atom stereocenters. The summed E-state index contributed by atoms with van der Waals surface area (Å²) in [6, 6.07) is 84.8. The van der Waals surface area contributed by atoms with Crippen molar-refractivity contribution in [2.75, 3.05) is 4.90 Å². The van der Waals surface area contributed by atoms with Crippen LogP contribution in [-0.2, 0) is 0 Å². The Morgan fingerprint density at radius 2 is 0.717 bits per heavy atom. The molecule has 0 unspecified atom stereocenters. The Morgan fingerprint density at radius 1 is 0.267 bits per heavy atom. The number of para-hydroxylation sites is 1. The number of fused-ring (bicyclic) bond motifs is 6. The summed E-state index contributed by atoms with van der Waals surface area (Å²) >= 11 is 0. The summed E-state index contributed by atoms with van der Waals surface area (Å²) in [5.74, 6) is 1.66. The van der Waals surface area contributed by atoms with Crippen molar-refractivity contribution in [3.05, 3.63) is 237 Å². The van der Waals surface area contributed by atoms with E-state index in [9.17, 15) is 0 Å². The van der Waals surface area contributed by atoms with Gasteiger partial charge < -0.3 is 9.64 Å². The van der Waals surface area contributed by atoms with Crippen LogP contribution in [0.4, 0.5) is 17.1 Å². The summed E-state index contributed by atoms with van der Waals surface area (Å²) in [7, 11) is 0. The highest BCUT2D eigenvalue weighted by atomic mass is 16.5.